The molecular formula is C24H25ClN4O4. The molecule has 172 valence electrons. The first-order valence-corrected chi connectivity index (χ1v) is 11.2. The molecule has 0 radical (unpaired) electrons. The summed E-state index contributed by atoms with van der Waals surface area (Å²) in [6, 6.07) is 10.8. The van der Waals surface area contributed by atoms with Crippen LogP contribution in [-0.2, 0) is 11.2 Å². The molecule has 8 nitrogen and oxygen atoms in total. The number of hydrogen-bond donors (Lipinski definition) is 0. The van der Waals surface area contributed by atoms with Crippen molar-refractivity contribution < 1.29 is 14.1 Å². The number of amides is 1. The molecule has 3 aromatic rings. The van der Waals surface area contributed by atoms with Crippen molar-refractivity contribution in [2.45, 2.75) is 26.7 Å². The van der Waals surface area contributed by atoms with Crippen molar-refractivity contribution in [3.63, 3.8) is 0 Å². The summed E-state index contributed by atoms with van der Waals surface area (Å²) in [5, 5.41) is 11.7. The van der Waals surface area contributed by atoms with Crippen LogP contribution >= 0.6 is 11.6 Å². The summed E-state index contributed by atoms with van der Waals surface area (Å²) >= 11 is 5.91. The van der Waals surface area contributed by atoms with Crippen molar-refractivity contribution in [2.75, 3.05) is 31.1 Å². The molecule has 33 heavy (non-hydrogen) atoms. The number of anilines is 1. The summed E-state index contributed by atoms with van der Waals surface area (Å²) in [5.41, 5.74) is 3.87. The number of piperazine rings is 1. The maximum Gasteiger partial charge on any atom is 0.294 e. The molecule has 0 spiro atoms. The maximum absolute atomic E-state index is 12.7. The van der Waals surface area contributed by atoms with Crippen molar-refractivity contribution in [3.05, 3.63) is 74.7 Å². The number of aromatic nitrogens is 1. The lowest BCUT2D eigenvalue weighted by atomic mass is 10.1. The number of carbonyl (C=O) groups is 1. The van der Waals surface area contributed by atoms with Gasteiger partial charge in [-0.05, 0) is 43.2 Å². The number of aryl methyl sites for hydroxylation is 3. The first-order chi connectivity index (χ1) is 15.8. The van der Waals surface area contributed by atoms with Gasteiger partial charge in [0.25, 0.3) is 5.69 Å². The SMILES string of the molecule is Cc1ccc(-c2cnc(CCC(=O)N3CCN(c4ccc(Cl)cc4[N+](=O)[O-])CC3)o2)cc1C. The van der Waals surface area contributed by atoms with Crippen molar-refractivity contribution in [1.29, 1.82) is 0 Å². The molecule has 1 amide bonds. The van der Waals surface area contributed by atoms with Crippen LogP contribution in [0.2, 0.25) is 5.02 Å². The fourth-order valence-electron chi connectivity index (χ4n) is 3.93. The largest absolute Gasteiger partial charge is 0.441 e. The van der Waals surface area contributed by atoms with Gasteiger partial charge in [0.2, 0.25) is 5.91 Å². The minimum Gasteiger partial charge on any atom is -0.441 e. The van der Waals surface area contributed by atoms with Crippen LogP contribution in [-0.4, -0.2) is 46.9 Å². The zero-order chi connectivity index (χ0) is 23.5. The average molecular weight is 469 g/mol. The number of nitrogens with zero attached hydrogens (tertiary/aromatic N) is 4. The summed E-state index contributed by atoms with van der Waals surface area (Å²) in [5.74, 6) is 1.25. The smallest absolute Gasteiger partial charge is 0.294 e. The van der Waals surface area contributed by atoms with E-state index in [0.717, 1.165) is 5.56 Å². The average Bonchev–Trinajstić information content (AvgIpc) is 3.28. The highest BCUT2D eigenvalue weighted by Gasteiger charge is 2.26. The molecule has 0 N–H and O–H groups in total. The molecule has 0 saturated carbocycles. The van der Waals surface area contributed by atoms with Gasteiger partial charge in [-0.25, -0.2) is 4.98 Å². The fourth-order valence-corrected chi connectivity index (χ4v) is 4.10. The summed E-state index contributed by atoms with van der Waals surface area (Å²) in [4.78, 5) is 31.7. The van der Waals surface area contributed by atoms with Gasteiger partial charge in [-0.3, -0.25) is 14.9 Å². The van der Waals surface area contributed by atoms with Gasteiger partial charge in [-0.2, -0.15) is 0 Å². The lowest BCUT2D eigenvalue weighted by molar-refractivity contribution is -0.384. The van der Waals surface area contributed by atoms with E-state index < -0.39 is 4.92 Å². The van der Waals surface area contributed by atoms with Gasteiger partial charge in [0, 0.05) is 55.7 Å². The Morgan fingerprint density at radius 2 is 1.88 bits per heavy atom. The molecular weight excluding hydrogens is 444 g/mol. The lowest BCUT2D eigenvalue weighted by Crippen LogP contribution is -2.49. The summed E-state index contributed by atoms with van der Waals surface area (Å²) in [6.07, 6.45) is 2.42. The number of carbonyl (C=O) groups excluding carboxylic acids is 1. The predicted molar refractivity (Wildman–Crippen MR) is 127 cm³/mol. The van der Waals surface area contributed by atoms with Crippen LogP contribution in [0, 0.1) is 24.0 Å². The van der Waals surface area contributed by atoms with Crippen molar-refractivity contribution in [2.24, 2.45) is 0 Å². The lowest BCUT2D eigenvalue weighted by Gasteiger charge is -2.35. The topological polar surface area (TPSA) is 92.7 Å². The van der Waals surface area contributed by atoms with E-state index in [1.165, 1.54) is 17.2 Å². The molecule has 2 aromatic carbocycles. The molecule has 1 aliphatic rings. The Bertz CT molecular complexity index is 1180. The Hall–Kier alpha value is -3.39. The normalized spacial score (nSPS) is 13.9. The van der Waals surface area contributed by atoms with Crippen molar-refractivity contribution in [1.82, 2.24) is 9.88 Å². The fraction of sp³-hybridized carbons (Fsp3) is 0.333. The van der Waals surface area contributed by atoms with Crippen LogP contribution in [0.5, 0.6) is 0 Å². The molecule has 9 heteroatoms. The molecule has 0 atom stereocenters. The van der Waals surface area contributed by atoms with Crippen LogP contribution in [0.4, 0.5) is 11.4 Å². The third-order valence-corrected chi connectivity index (χ3v) is 6.24. The van der Waals surface area contributed by atoms with Gasteiger partial charge in [0.1, 0.15) is 5.69 Å². The highest BCUT2D eigenvalue weighted by Crippen LogP contribution is 2.31. The van der Waals surface area contributed by atoms with Crippen LogP contribution in [0.1, 0.15) is 23.4 Å². The monoisotopic (exact) mass is 468 g/mol. The minimum absolute atomic E-state index is 0.0196. The number of halogens is 1. The highest BCUT2D eigenvalue weighted by molar-refractivity contribution is 6.30. The number of benzene rings is 2. The van der Waals surface area contributed by atoms with Crippen molar-refractivity contribution in [3.8, 4) is 11.3 Å². The third kappa shape index (κ3) is 5.17. The second-order valence-electron chi connectivity index (χ2n) is 8.18. The Labute approximate surface area is 196 Å². The first-order valence-electron chi connectivity index (χ1n) is 10.8. The molecule has 1 saturated heterocycles. The second kappa shape index (κ2) is 9.62. The Morgan fingerprint density at radius 1 is 1.12 bits per heavy atom. The highest BCUT2D eigenvalue weighted by atomic mass is 35.5. The van der Waals surface area contributed by atoms with Gasteiger partial charge in [-0.15, -0.1) is 0 Å². The van der Waals surface area contributed by atoms with E-state index in [4.69, 9.17) is 16.0 Å². The van der Waals surface area contributed by atoms with Gasteiger partial charge < -0.3 is 14.2 Å². The number of oxazole rings is 1. The number of nitro benzene ring substituents is 1. The molecule has 2 heterocycles. The molecule has 0 aliphatic carbocycles. The molecule has 1 aromatic heterocycles. The van der Waals surface area contributed by atoms with Gasteiger partial charge in [0.05, 0.1) is 11.1 Å². The van der Waals surface area contributed by atoms with E-state index >= 15 is 0 Å². The quantitative estimate of drug-likeness (QED) is 0.381. The predicted octanol–water partition coefficient (Wildman–Crippen LogP) is 4.80. The van der Waals surface area contributed by atoms with E-state index in [9.17, 15) is 14.9 Å². The van der Waals surface area contributed by atoms with E-state index in [0.29, 0.717) is 61.4 Å². The second-order valence-corrected chi connectivity index (χ2v) is 8.61. The molecule has 1 aliphatic heterocycles. The first kappa shape index (κ1) is 22.8. The minimum atomic E-state index is -0.429. The molecule has 4 rings (SSSR count). The van der Waals surface area contributed by atoms with E-state index in [2.05, 4.69) is 31.0 Å². The van der Waals surface area contributed by atoms with Gasteiger partial charge >= 0.3 is 0 Å². The van der Waals surface area contributed by atoms with Crippen LogP contribution in [0.15, 0.2) is 47.0 Å². The van der Waals surface area contributed by atoms with E-state index in [1.54, 1.807) is 23.2 Å². The molecule has 1 fully saturated rings. The number of rotatable bonds is 6. The standard InChI is InChI=1S/C24H25ClN4O4/c1-16-3-4-18(13-17(16)2)22-15-26-23(33-22)7-8-24(30)28-11-9-27(10-12-28)20-6-5-19(25)14-21(20)29(31)32/h3-6,13-15H,7-12H2,1-2H3. The van der Waals surface area contributed by atoms with E-state index in [1.807, 2.05) is 11.0 Å². The Balaban J connectivity index is 1.32. The Kier molecular flexibility index (Phi) is 6.65. The molecule has 0 bridgehead atoms. The number of nitro groups is 1. The van der Waals surface area contributed by atoms with Gasteiger partial charge in [-0.1, -0.05) is 23.7 Å². The molecule has 0 unspecified atom stereocenters. The van der Waals surface area contributed by atoms with Crippen molar-refractivity contribution >= 4 is 28.9 Å². The zero-order valence-electron chi connectivity index (χ0n) is 18.6. The van der Waals surface area contributed by atoms with Gasteiger partial charge in [0.15, 0.2) is 11.7 Å². The van der Waals surface area contributed by atoms with E-state index in [-0.39, 0.29) is 11.6 Å². The maximum atomic E-state index is 12.7. The number of hydrogen-bond acceptors (Lipinski definition) is 6. The van der Waals surface area contributed by atoms with Crippen LogP contribution in [0.25, 0.3) is 11.3 Å². The third-order valence-electron chi connectivity index (χ3n) is 6.00. The summed E-state index contributed by atoms with van der Waals surface area (Å²) in [6.45, 7) is 6.15. The van der Waals surface area contributed by atoms with Crippen LogP contribution < -0.4 is 4.90 Å². The Morgan fingerprint density at radius 3 is 2.58 bits per heavy atom. The zero-order valence-corrected chi connectivity index (χ0v) is 19.3. The summed E-state index contributed by atoms with van der Waals surface area (Å²) in [7, 11) is 0. The summed E-state index contributed by atoms with van der Waals surface area (Å²) < 4.78 is 5.86. The van der Waals surface area contributed by atoms with Crippen LogP contribution in [0.3, 0.4) is 0 Å².